The summed E-state index contributed by atoms with van der Waals surface area (Å²) in [4.78, 5) is 33.7. The van der Waals surface area contributed by atoms with Crippen molar-refractivity contribution in [1.82, 2.24) is 5.32 Å². The third-order valence-corrected chi connectivity index (χ3v) is 3.24. The van der Waals surface area contributed by atoms with Gasteiger partial charge in [-0.2, -0.15) is 0 Å². The van der Waals surface area contributed by atoms with Gasteiger partial charge in [0, 0.05) is 11.8 Å². The largest absolute Gasteiger partial charge is 0.468 e. The highest BCUT2D eigenvalue weighted by atomic mass is 32.2. The molecule has 0 saturated heterocycles. The molecule has 0 heterocycles. The second kappa shape index (κ2) is 8.98. The lowest BCUT2D eigenvalue weighted by Gasteiger charge is -2.07. The van der Waals surface area contributed by atoms with E-state index in [1.54, 1.807) is 0 Å². The number of benzene rings is 1. The van der Waals surface area contributed by atoms with Crippen molar-refractivity contribution in [2.24, 2.45) is 0 Å². The maximum atomic E-state index is 12.9. The summed E-state index contributed by atoms with van der Waals surface area (Å²) in [5.74, 6) is -3.55. The molecule has 1 aromatic rings. The van der Waals surface area contributed by atoms with Gasteiger partial charge >= 0.3 is 5.97 Å². The zero-order chi connectivity index (χ0) is 16.5. The summed E-state index contributed by atoms with van der Waals surface area (Å²) in [6.45, 7) is -0.323. The van der Waals surface area contributed by atoms with Crippen LogP contribution in [0.2, 0.25) is 0 Å². The van der Waals surface area contributed by atoms with Crippen LogP contribution in [0.5, 0.6) is 0 Å². The van der Waals surface area contributed by atoms with Crippen LogP contribution in [0.3, 0.4) is 0 Å². The highest BCUT2D eigenvalue weighted by Crippen LogP contribution is 2.12. The summed E-state index contributed by atoms with van der Waals surface area (Å²) < 4.78 is 30.1. The predicted octanol–water partition coefficient (Wildman–Crippen LogP) is 0.926. The van der Waals surface area contributed by atoms with E-state index in [9.17, 15) is 23.2 Å². The molecular weight excluding hydrogens is 318 g/mol. The highest BCUT2D eigenvalue weighted by Gasteiger charge is 2.09. The van der Waals surface area contributed by atoms with Gasteiger partial charge in [-0.05, 0) is 12.1 Å². The Labute approximate surface area is 129 Å². The Bertz CT molecular complexity index is 569. The number of rotatable bonds is 7. The summed E-state index contributed by atoms with van der Waals surface area (Å²) >= 11 is 1.04. The van der Waals surface area contributed by atoms with Crippen LogP contribution in [-0.2, 0) is 19.1 Å². The number of carbonyl (C=O) groups is 3. The number of nitrogens with one attached hydrogen (secondary N) is 2. The lowest BCUT2D eigenvalue weighted by molar-refractivity contribution is -0.137. The van der Waals surface area contributed by atoms with Gasteiger partial charge in [-0.1, -0.05) is 0 Å². The average Bonchev–Trinajstić information content (AvgIpc) is 2.48. The molecule has 0 unspecified atom stereocenters. The van der Waals surface area contributed by atoms with Gasteiger partial charge in [-0.15, -0.1) is 11.8 Å². The molecule has 1 rings (SSSR count). The molecule has 6 nitrogen and oxygen atoms in total. The van der Waals surface area contributed by atoms with E-state index in [1.807, 2.05) is 0 Å². The van der Waals surface area contributed by atoms with E-state index in [0.29, 0.717) is 0 Å². The van der Waals surface area contributed by atoms with E-state index in [0.717, 1.165) is 23.9 Å². The number of ether oxygens (including phenoxy) is 1. The molecule has 0 bridgehead atoms. The standard InChI is InChI=1S/C13H14F2N2O4S/c1-21-13(20)7-22-6-12(19)16-5-11(18)17-8-2-3-9(14)10(15)4-8/h2-4H,5-7H2,1H3,(H,16,19)(H,17,18). The molecule has 2 N–H and O–H groups in total. The van der Waals surface area contributed by atoms with E-state index in [1.165, 1.54) is 13.2 Å². The molecular formula is C13H14F2N2O4S. The summed E-state index contributed by atoms with van der Waals surface area (Å²) in [6.07, 6.45) is 0. The topological polar surface area (TPSA) is 84.5 Å². The highest BCUT2D eigenvalue weighted by molar-refractivity contribution is 8.00. The monoisotopic (exact) mass is 332 g/mol. The molecule has 22 heavy (non-hydrogen) atoms. The van der Waals surface area contributed by atoms with E-state index in [-0.39, 0.29) is 23.7 Å². The number of methoxy groups -OCH3 is 1. The smallest absolute Gasteiger partial charge is 0.315 e. The number of thioether (sulfide) groups is 1. The van der Waals surface area contributed by atoms with E-state index >= 15 is 0 Å². The second-order valence-corrected chi connectivity index (χ2v) is 5.01. The minimum atomic E-state index is -1.08. The molecule has 1 aromatic carbocycles. The van der Waals surface area contributed by atoms with Crippen LogP contribution in [0, 0.1) is 11.6 Å². The van der Waals surface area contributed by atoms with Gasteiger partial charge in [0.15, 0.2) is 11.6 Å². The Kier molecular flexibility index (Phi) is 7.30. The fourth-order valence-corrected chi connectivity index (χ4v) is 1.97. The third-order valence-electron chi connectivity index (χ3n) is 2.33. The van der Waals surface area contributed by atoms with Crippen molar-refractivity contribution in [3.05, 3.63) is 29.8 Å². The zero-order valence-electron chi connectivity index (χ0n) is 11.7. The molecule has 9 heteroatoms. The molecule has 0 atom stereocenters. The number of anilines is 1. The molecule has 0 aliphatic carbocycles. The SMILES string of the molecule is COC(=O)CSCC(=O)NCC(=O)Nc1ccc(F)c(F)c1. The maximum Gasteiger partial charge on any atom is 0.315 e. The van der Waals surface area contributed by atoms with Crippen molar-refractivity contribution < 1.29 is 27.9 Å². The summed E-state index contributed by atoms with van der Waals surface area (Å²) in [7, 11) is 1.24. The van der Waals surface area contributed by atoms with Crippen molar-refractivity contribution in [3.8, 4) is 0 Å². The van der Waals surface area contributed by atoms with Crippen molar-refractivity contribution in [2.45, 2.75) is 0 Å². The summed E-state index contributed by atoms with van der Waals surface area (Å²) in [5, 5.41) is 4.64. The van der Waals surface area contributed by atoms with Crippen LogP contribution in [0.1, 0.15) is 0 Å². The van der Waals surface area contributed by atoms with Gasteiger partial charge in [0.05, 0.1) is 25.2 Å². The Morgan fingerprint density at radius 1 is 1.14 bits per heavy atom. The number of carbonyl (C=O) groups excluding carboxylic acids is 3. The Morgan fingerprint density at radius 3 is 2.50 bits per heavy atom. The first-order valence-electron chi connectivity index (χ1n) is 6.08. The predicted molar refractivity (Wildman–Crippen MR) is 77.3 cm³/mol. The van der Waals surface area contributed by atoms with E-state index in [4.69, 9.17) is 0 Å². The van der Waals surface area contributed by atoms with Crippen LogP contribution in [0.4, 0.5) is 14.5 Å². The van der Waals surface area contributed by atoms with Crippen molar-refractivity contribution in [2.75, 3.05) is 30.5 Å². The number of hydrogen-bond acceptors (Lipinski definition) is 5. The van der Waals surface area contributed by atoms with E-state index < -0.39 is 29.4 Å². The van der Waals surface area contributed by atoms with Crippen LogP contribution >= 0.6 is 11.8 Å². The Morgan fingerprint density at radius 2 is 1.86 bits per heavy atom. The number of hydrogen-bond donors (Lipinski definition) is 2. The minimum Gasteiger partial charge on any atom is -0.468 e. The lowest BCUT2D eigenvalue weighted by Crippen LogP contribution is -2.34. The fraction of sp³-hybridized carbons (Fsp3) is 0.308. The van der Waals surface area contributed by atoms with Crippen LogP contribution < -0.4 is 10.6 Å². The molecule has 0 spiro atoms. The third kappa shape index (κ3) is 6.53. The summed E-state index contributed by atoms with van der Waals surface area (Å²) in [5.41, 5.74) is 0.0817. The first-order valence-corrected chi connectivity index (χ1v) is 7.24. The second-order valence-electron chi connectivity index (χ2n) is 4.02. The molecule has 0 aromatic heterocycles. The molecule has 0 fully saturated rings. The lowest BCUT2D eigenvalue weighted by atomic mass is 10.3. The normalized spacial score (nSPS) is 9.95. The number of amides is 2. The zero-order valence-corrected chi connectivity index (χ0v) is 12.5. The van der Waals surface area contributed by atoms with Gasteiger partial charge in [0.25, 0.3) is 0 Å². The van der Waals surface area contributed by atoms with Gasteiger partial charge in [-0.3, -0.25) is 14.4 Å². The van der Waals surface area contributed by atoms with Crippen LogP contribution in [-0.4, -0.2) is 42.9 Å². The van der Waals surface area contributed by atoms with Gasteiger partial charge < -0.3 is 15.4 Å². The van der Waals surface area contributed by atoms with Gasteiger partial charge in [0.2, 0.25) is 11.8 Å². The van der Waals surface area contributed by atoms with Gasteiger partial charge in [-0.25, -0.2) is 8.78 Å². The molecule has 2 amide bonds. The Balaban J connectivity index is 2.29. The van der Waals surface area contributed by atoms with Crippen molar-refractivity contribution in [3.63, 3.8) is 0 Å². The van der Waals surface area contributed by atoms with Crippen molar-refractivity contribution >= 4 is 35.2 Å². The minimum absolute atomic E-state index is 0.00639. The quantitative estimate of drug-likeness (QED) is 0.726. The molecule has 0 radical (unpaired) electrons. The fourth-order valence-electron chi connectivity index (χ4n) is 1.29. The molecule has 0 aliphatic heterocycles. The number of esters is 1. The van der Waals surface area contributed by atoms with Crippen molar-refractivity contribution in [1.29, 1.82) is 0 Å². The molecule has 0 saturated carbocycles. The van der Waals surface area contributed by atoms with Crippen LogP contribution in [0.15, 0.2) is 18.2 Å². The molecule has 0 aliphatic rings. The van der Waals surface area contributed by atoms with Gasteiger partial charge in [0.1, 0.15) is 0 Å². The van der Waals surface area contributed by atoms with E-state index in [2.05, 4.69) is 15.4 Å². The average molecular weight is 332 g/mol. The summed E-state index contributed by atoms with van der Waals surface area (Å²) in [6, 6.07) is 2.92. The first-order chi connectivity index (χ1) is 10.4. The molecule has 120 valence electrons. The van der Waals surface area contributed by atoms with Crippen LogP contribution in [0.25, 0.3) is 0 Å². The first kappa shape index (κ1) is 17.9. The maximum absolute atomic E-state index is 12.9. The Hall–Kier alpha value is -2.16. The number of halogens is 2.